The molecule has 4 heteroatoms. The Bertz CT molecular complexity index is 306. The van der Waals surface area contributed by atoms with Crippen molar-refractivity contribution < 1.29 is 4.79 Å². The molecule has 0 atom stereocenters. The monoisotopic (exact) mass is 304 g/mol. The van der Waals surface area contributed by atoms with E-state index in [9.17, 15) is 4.79 Å². The summed E-state index contributed by atoms with van der Waals surface area (Å²) in [6, 6.07) is 3.66. The second-order valence-electron chi connectivity index (χ2n) is 2.85. The van der Waals surface area contributed by atoms with Gasteiger partial charge in [0.05, 0.1) is 5.56 Å². The molecule has 0 unspecified atom stereocenters. The van der Waals surface area contributed by atoms with Crippen LogP contribution in [0.15, 0.2) is 18.3 Å². The summed E-state index contributed by atoms with van der Waals surface area (Å²) in [5.74, 6) is 0.0545. The van der Waals surface area contributed by atoms with E-state index in [0.717, 1.165) is 16.8 Å². The quantitative estimate of drug-likeness (QED) is 0.633. The smallest absolute Gasteiger partial charge is 0.255 e. The molecule has 0 fully saturated rings. The average Bonchev–Trinajstić information content (AvgIpc) is 2.20. The van der Waals surface area contributed by atoms with Gasteiger partial charge in [-0.3, -0.25) is 4.79 Å². The normalized spacial score (nSPS) is 9.93. The molecule has 0 saturated carbocycles. The molecule has 0 aromatic carbocycles. The number of halogens is 1. The van der Waals surface area contributed by atoms with Crippen molar-refractivity contribution in [2.24, 2.45) is 0 Å². The Balaban J connectivity index is 2.83. The largest absolute Gasteiger partial charge is 0.339 e. The Morgan fingerprint density at radius 3 is 2.50 bits per heavy atom. The Labute approximate surface area is 97.7 Å². The number of amides is 1. The van der Waals surface area contributed by atoms with Gasteiger partial charge in [-0.2, -0.15) is 0 Å². The molecule has 0 aliphatic carbocycles. The third-order valence-electron chi connectivity index (χ3n) is 2.02. The molecule has 0 aliphatic heterocycles. The minimum absolute atomic E-state index is 0.0545. The number of nitrogens with zero attached hydrogens (tertiary/aromatic N) is 2. The van der Waals surface area contributed by atoms with E-state index in [2.05, 4.69) is 27.6 Å². The first-order chi connectivity index (χ1) is 6.69. The highest BCUT2D eigenvalue weighted by Crippen LogP contribution is 2.06. The number of pyridine rings is 1. The summed E-state index contributed by atoms with van der Waals surface area (Å²) in [5.41, 5.74) is 0.661. The second kappa shape index (κ2) is 5.29. The molecule has 0 radical (unpaired) electrons. The van der Waals surface area contributed by atoms with Gasteiger partial charge in [-0.15, -0.1) is 0 Å². The van der Waals surface area contributed by atoms with Crippen LogP contribution < -0.4 is 0 Å². The molecule has 76 valence electrons. The molecule has 0 aliphatic rings. The number of carbonyl (C=O) groups excluding carboxylic acids is 1. The fourth-order valence-electron chi connectivity index (χ4n) is 1.20. The zero-order chi connectivity index (χ0) is 10.6. The molecule has 1 amide bonds. The van der Waals surface area contributed by atoms with Gasteiger partial charge in [0.15, 0.2) is 0 Å². The number of hydrogen-bond donors (Lipinski definition) is 0. The van der Waals surface area contributed by atoms with Crippen molar-refractivity contribution in [2.75, 3.05) is 13.1 Å². The Morgan fingerprint density at radius 2 is 2.07 bits per heavy atom. The molecule has 0 N–H and O–H groups in total. The van der Waals surface area contributed by atoms with Gasteiger partial charge in [0, 0.05) is 19.3 Å². The standard InChI is InChI=1S/C10H13IN2O/c1-3-13(4-2)10(14)8-5-6-9(11)12-7-8/h5-7H,3-4H2,1-2H3. The minimum atomic E-state index is 0.0545. The van der Waals surface area contributed by atoms with Crippen molar-refractivity contribution in [1.82, 2.24) is 9.88 Å². The fourth-order valence-corrected chi connectivity index (χ4v) is 1.51. The maximum Gasteiger partial charge on any atom is 0.255 e. The lowest BCUT2D eigenvalue weighted by Crippen LogP contribution is -2.30. The van der Waals surface area contributed by atoms with E-state index in [-0.39, 0.29) is 5.91 Å². The second-order valence-corrected chi connectivity index (χ2v) is 3.95. The minimum Gasteiger partial charge on any atom is -0.339 e. The van der Waals surface area contributed by atoms with Gasteiger partial charge in [-0.25, -0.2) is 4.98 Å². The van der Waals surface area contributed by atoms with Crippen molar-refractivity contribution in [3.8, 4) is 0 Å². The van der Waals surface area contributed by atoms with E-state index in [1.807, 2.05) is 26.0 Å². The van der Waals surface area contributed by atoms with E-state index in [0.29, 0.717) is 5.56 Å². The van der Waals surface area contributed by atoms with Crippen LogP contribution in [0.1, 0.15) is 24.2 Å². The van der Waals surface area contributed by atoms with E-state index in [1.54, 1.807) is 11.1 Å². The first-order valence-electron chi connectivity index (χ1n) is 4.59. The van der Waals surface area contributed by atoms with Crippen LogP contribution in [-0.4, -0.2) is 28.9 Å². The van der Waals surface area contributed by atoms with Crippen molar-refractivity contribution in [3.05, 3.63) is 27.6 Å². The van der Waals surface area contributed by atoms with Crippen LogP contribution in [0.2, 0.25) is 0 Å². The summed E-state index contributed by atoms with van der Waals surface area (Å²) in [5, 5.41) is 0. The topological polar surface area (TPSA) is 33.2 Å². The van der Waals surface area contributed by atoms with Crippen molar-refractivity contribution in [3.63, 3.8) is 0 Å². The van der Waals surface area contributed by atoms with Gasteiger partial charge in [0.25, 0.3) is 5.91 Å². The van der Waals surface area contributed by atoms with Gasteiger partial charge in [0.2, 0.25) is 0 Å². The molecular formula is C10H13IN2O. The molecule has 0 bridgehead atoms. The average molecular weight is 304 g/mol. The lowest BCUT2D eigenvalue weighted by atomic mass is 10.2. The van der Waals surface area contributed by atoms with Gasteiger partial charge in [0.1, 0.15) is 3.70 Å². The highest BCUT2D eigenvalue weighted by molar-refractivity contribution is 14.1. The van der Waals surface area contributed by atoms with Crippen LogP contribution in [0.25, 0.3) is 0 Å². The van der Waals surface area contributed by atoms with Gasteiger partial charge >= 0.3 is 0 Å². The summed E-state index contributed by atoms with van der Waals surface area (Å²) in [6.45, 7) is 5.42. The molecule has 14 heavy (non-hydrogen) atoms. The number of aromatic nitrogens is 1. The van der Waals surface area contributed by atoms with E-state index in [4.69, 9.17) is 0 Å². The molecule has 1 rings (SSSR count). The zero-order valence-corrected chi connectivity index (χ0v) is 10.5. The van der Waals surface area contributed by atoms with Crippen LogP contribution >= 0.6 is 22.6 Å². The van der Waals surface area contributed by atoms with Gasteiger partial charge < -0.3 is 4.90 Å². The summed E-state index contributed by atoms with van der Waals surface area (Å²) in [6.07, 6.45) is 1.63. The highest BCUT2D eigenvalue weighted by atomic mass is 127. The third kappa shape index (κ3) is 2.67. The van der Waals surface area contributed by atoms with Crippen LogP contribution in [0, 0.1) is 3.70 Å². The number of rotatable bonds is 3. The molecule has 0 saturated heterocycles. The number of carbonyl (C=O) groups is 1. The summed E-state index contributed by atoms with van der Waals surface area (Å²) in [7, 11) is 0. The summed E-state index contributed by atoms with van der Waals surface area (Å²) in [4.78, 5) is 17.7. The van der Waals surface area contributed by atoms with Crippen LogP contribution in [0.3, 0.4) is 0 Å². The van der Waals surface area contributed by atoms with Gasteiger partial charge in [-0.1, -0.05) is 0 Å². The molecule has 1 aromatic rings. The fraction of sp³-hybridized carbons (Fsp3) is 0.400. The molecule has 3 nitrogen and oxygen atoms in total. The van der Waals surface area contributed by atoms with Crippen LogP contribution in [0.4, 0.5) is 0 Å². The van der Waals surface area contributed by atoms with Crippen molar-refractivity contribution in [1.29, 1.82) is 0 Å². The maximum absolute atomic E-state index is 11.8. The van der Waals surface area contributed by atoms with Crippen molar-refractivity contribution >= 4 is 28.5 Å². The summed E-state index contributed by atoms with van der Waals surface area (Å²) >= 11 is 2.12. The van der Waals surface area contributed by atoms with Crippen LogP contribution in [0.5, 0.6) is 0 Å². The Kier molecular flexibility index (Phi) is 4.31. The first kappa shape index (κ1) is 11.4. The van der Waals surface area contributed by atoms with Crippen molar-refractivity contribution in [2.45, 2.75) is 13.8 Å². The SMILES string of the molecule is CCN(CC)C(=O)c1ccc(I)nc1. The molecule has 1 aromatic heterocycles. The highest BCUT2D eigenvalue weighted by Gasteiger charge is 2.11. The molecule has 1 heterocycles. The van der Waals surface area contributed by atoms with Gasteiger partial charge in [-0.05, 0) is 48.6 Å². The van der Waals surface area contributed by atoms with Crippen LogP contribution in [-0.2, 0) is 0 Å². The lowest BCUT2D eigenvalue weighted by Gasteiger charge is -2.18. The summed E-state index contributed by atoms with van der Waals surface area (Å²) < 4.78 is 0.902. The Hall–Kier alpha value is -0.650. The predicted molar refractivity (Wildman–Crippen MR) is 64.2 cm³/mol. The molecular weight excluding hydrogens is 291 g/mol. The molecule has 0 spiro atoms. The zero-order valence-electron chi connectivity index (χ0n) is 8.33. The van der Waals surface area contributed by atoms with E-state index in [1.165, 1.54) is 0 Å². The number of hydrogen-bond acceptors (Lipinski definition) is 2. The van der Waals surface area contributed by atoms with E-state index < -0.39 is 0 Å². The maximum atomic E-state index is 11.8. The predicted octanol–water partition coefficient (Wildman–Crippen LogP) is 2.17. The van der Waals surface area contributed by atoms with E-state index >= 15 is 0 Å². The Morgan fingerprint density at radius 1 is 1.43 bits per heavy atom. The first-order valence-corrected chi connectivity index (χ1v) is 5.67. The lowest BCUT2D eigenvalue weighted by molar-refractivity contribution is 0.0772. The third-order valence-corrected chi connectivity index (χ3v) is 2.66.